The highest BCUT2D eigenvalue weighted by atomic mass is 16.5. The molecular weight excluding hydrogens is 214 g/mol. The van der Waals surface area contributed by atoms with Gasteiger partial charge < -0.3 is 4.74 Å². The molecule has 3 heteroatoms. The molecule has 0 atom stereocenters. The second-order valence-electron chi connectivity index (χ2n) is 4.37. The van der Waals surface area contributed by atoms with Crippen molar-refractivity contribution in [3.05, 3.63) is 35.4 Å². The van der Waals surface area contributed by atoms with Crippen LogP contribution in [-0.2, 0) is 21.4 Å². The SMILES string of the molecule is CCOC(=O)Cc1ccc(C2(C#N)CC2)cc1. The van der Waals surface area contributed by atoms with E-state index in [9.17, 15) is 4.79 Å². The summed E-state index contributed by atoms with van der Waals surface area (Å²) in [5.74, 6) is -0.207. The van der Waals surface area contributed by atoms with Crippen LogP contribution in [0.25, 0.3) is 0 Å². The second-order valence-corrected chi connectivity index (χ2v) is 4.37. The Kier molecular flexibility index (Phi) is 3.14. The van der Waals surface area contributed by atoms with Crippen molar-refractivity contribution < 1.29 is 9.53 Å². The smallest absolute Gasteiger partial charge is 0.310 e. The third kappa shape index (κ3) is 2.47. The minimum absolute atomic E-state index is 0.207. The zero-order valence-electron chi connectivity index (χ0n) is 9.90. The average molecular weight is 229 g/mol. The van der Waals surface area contributed by atoms with Crippen molar-refractivity contribution in [2.24, 2.45) is 0 Å². The van der Waals surface area contributed by atoms with Gasteiger partial charge in [-0.2, -0.15) is 5.26 Å². The van der Waals surface area contributed by atoms with Crippen LogP contribution in [0.4, 0.5) is 0 Å². The zero-order chi connectivity index (χ0) is 12.3. The summed E-state index contributed by atoms with van der Waals surface area (Å²) in [6.07, 6.45) is 2.19. The quantitative estimate of drug-likeness (QED) is 0.744. The van der Waals surface area contributed by atoms with E-state index in [0.717, 1.165) is 24.0 Å². The first-order valence-corrected chi connectivity index (χ1v) is 5.86. The maximum absolute atomic E-state index is 11.3. The van der Waals surface area contributed by atoms with E-state index in [1.165, 1.54) is 0 Å². The van der Waals surface area contributed by atoms with Crippen molar-refractivity contribution in [1.82, 2.24) is 0 Å². The molecule has 0 radical (unpaired) electrons. The van der Waals surface area contributed by atoms with Gasteiger partial charge in [0.25, 0.3) is 0 Å². The van der Waals surface area contributed by atoms with Crippen LogP contribution in [0.15, 0.2) is 24.3 Å². The van der Waals surface area contributed by atoms with Gasteiger partial charge in [0.15, 0.2) is 0 Å². The van der Waals surface area contributed by atoms with Gasteiger partial charge in [-0.1, -0.05) is 24.3 Å². The zero-order valence-corrected chi connectivity index (χ0v) is 9.90. The lowest BCUT2D eigenvalue weighted by Gasteiger charge is -2.07. The second kappa shape index (κ2) is 4.58. The molecular formula is C14H15NO2. The molecule has 2 rings (SSSR count). The molecule has 1 aliphatic carbocycles. The number of nitriles is 1. The number of hydrogen-bond donors (Lipinski definition) is 0. The van der Waals surface area contributed by atoms with Crippen LogP contribution in [0.5, 0.6) is 0 Å². The Morgan fingerprint density at radius 1 is 1.41 bits per heavy atom. The maximum atomic E-state index is 11.3. The van der Waals surface area contributed by atoms with Crippen LogP contribution in [0.3, 0.4) is 0 Å². The van der Waals surface area contributed by atoms with E-state index in [1.54, 1.807) is 6.92 Å². The molecule has 0 saturated heterocycles. The highest BCUT2D eigenvalue weighted by Gasteiger charge is 2.44. The molecule has 0 bridgehead atoms. The molecule has 0 aliphatic heterocycles. The van der Waals surface area contributed by atoms with E-state index < -0.39 is 0 Å². The Balaban J connectivity index is 2.04. The average Bonchev–Trinajstić information content (AvgIpc) is 3.11. The van der Waals surface area contributed by atoms with Gasteiger partial charge in [0.1, 0.15) is 0 Å². The van der Waals surface area contributed by atoms with Crippen molar-refractivity contribution in [2.45, 2.75) is 31.6 Å². The van der Waals surface area contributed by atoms with Gasteiger partial charge in [-0.05, 0) is 30.9 Å². The molecule has 1 aromatic carbocycles. The first-order chi connectivity index (χ1) is 8.20. The predicted octanol–water partition coefficient (Wildman–Crippen LogP) is 2.35. The molecule has 3 nitrogen and oxygen atoms in total. The third-order valence-corrected chi connectivity index (χ3v) is 3.12. The van der Waals surface area contributed by atoms with Gasteiger partial charge in [0.2, 0.25) is 0 Å². The summed E-state index contributed by atoms with van der Waals surface area (Å²) in [7, 11) is 0. The molecule has 0 N–H and O–H groups in total. The summed E-state index contributed by atoms with van der Waals surface area (Å²) in [6, 6.07) is 10.1. The number of nitrogens with zero attached hydrogens (tertiary/aromatic N) is 1. The lowest BCUT2D eigenvalue weighted by Crippen LogP contribution is -2.08. The molecule has 0 unspecified atom stereocenters. The Labute approximate surface area is 101 Å². The molecule has 17 heavy (non-hydrogen) atoms. The highest BCUT2D eigenvalue weighted by molar-refractivity contribution is 5.72. The fourth-order valence-electron chi connectivity index (χ4n) is 1.91. The number of hydrogen-bond acceptors (Lipinski definition) is 3. The van der Waals surface area contributed by atoms with E-state index in [0.29, 0.717) is 13.0 Å². The van der Waals surface area contributed by atoms with Crippen LogP contribution in [0.2, 0.25) is 0 Å². The molecule has 0 spiro atoms. The first kappa shape index (κ1) is 11.7. The Bertz CT molecular complexity index is 452. The van der Waals surface area contributed by atoms with Crippen molar-refractivity contribution in [1.29, 1.82) is 5.26 Å². The standard InChI is InChI=1S/C14H15NO2/c1-2-17-13(16)9-11-3-5-12(6-4-11)14(10-15)7-8-14/h3-6H,2,7-9H2,1H3. The summed E-state index contributed by atoms with van der Waals surface area (Å²) in [6.45, 7) is 2.21. The number of benzene rings is 1. The molecule has 1 aromatic rings. The van der Waals surface area contributed by atoms with E-state index >= 15 is 0 Å². The number of carbonyl (C=O) groups excluding carboxylic acids is 1. The Morgan fingerprint density at radius 2 is 2.06 bits per heavy atom. The van der Waals surface area contributed by atoms with Crippen molar-refractivity contribution in [3.63, 3.8) is 0 Å². The van der Waals surface area contributed by atoms with Crippen LogP contribution < -0.4 is 0 Å². The van der Waals surface area contributed by atoms with E-state index in [1.807, 2.05) is 24.3 Å². The van der Waals surface area contributed by atoms with E-state index in [4.69, 9.17) is 10.00 Å². The van der Waals surface area contributed by atoms with Crippen LogP contribution in [0, 0.1) is 11.3 Å². The fraction of sp³-hybridized carbons (Fsp3) is 0.429. The molecule has 1 fully saturated rings. The van der Waals surface area contributed by atoms with Crippen LogP contribution >= 0.6 is 0 Å². The van der Waals surface area contributed by atoms with Crippen molar-refractivity contribution in [2.75, 3.05) is 6.61 Å². The van der Waals surface area contributed by atoms with Crippen LogP contribution in [-0.4, -0.2) is 12.6 Å². The van der Waals surface area contributed by atoms with E-state index in [-0.39, 0.29) is 11.4 Å². The first-order valence-electron chi connectivity index (χ1n) is 5.86. The summed E-state index contributed by atoms with van der Waals surface area (Å²) in [5.41, 5.74) is 1.75. The van der Waals surface area contributed by atoms with Crippen LogP contribution in [0.1, 0.15) is 30.9 Å². The molecule has 0 aromatic heterocycles. The Morgan fingerprint density at radius 3 is 2.53 bits per heavy atom. The van der Waals surface area contributed by atoms with Gasteiger partial charge in [0, 0.05) is 0 Å². The number of ether oxygens (including phenoxy) is 1. The highest BCUT2D eigenvalue weighted by Crippen LogP contribution is 2.47. The number of carbonyl (C=O) groups is 1. The van der Waals surface area contributed by atoms with Crippen molar-refractivity contribution in [3.8, 4) is 6.07 Å². The molecule has 1 aliphatic rings. The van der Waals surface area contributed by atoms with Gasteiger partial charge in [-0.3, -0.25) is 4.79 Å². The van der Waals surface area contributed by atoms with Gasteiger partial charge in [0.05, 0.1) is 24.5 Å². The summed E-state index contributed by atoms with van der Waals surface area (Å²) < 4.78 is 4.89. The van der Waals surface area contributed by atoms with Gasteiger partial charge >= 0.3 is 5.97 Å². The monoisotopic (exact) mass is 229 g/mol. The maximum Gasteiger partial charge on any atom is 0.310 e. The normalized spacial score (nSPS) is 16.0. The summed E-state index contributed by atoms with van der Waals surface area (Å²) >= 11 is 0. The Hall–Kier alpha value is -1.82. The largest absolute Gasteiger partial charge is 0.466 e. The molecule has 1 saturated carbocycles. The molecule has 88 valence electrons. The summed E-state index contributed by atoms with van der Waals surface area (Å²) in [4.78, 5) is 11.3. The third-order valence-electron chi connectivity index (χ3n) is 3.12. The minimum atomic E-state index is -0.248. The van der Waals surface area contributed by atoms with Crippen molar-refractivity contribution >= 4 is 5.97 Å². The lowest BCUT2D eigenvalue weighted by atomic mass is 9.96. The minimum Gasteiger partial charge on any atom is -0.466 e. The lowest BCUT2D eigenvalue weighted by molar-refractivity contribution is -0.142. The van der Waals surface area contributed by atoms with E-state index in [2.05, 4.69) is 6.07 Å². The van der Waals surface area contributed by atoms with Gasteiger partial charge in [-0.15, -0.1) is 0 Å². The fourth-order valence-corrected chi connectivity index (χ4v) is 1.91. The molecule has 0 amide bonds. The summed E-state index contributed by atoms with van der Waals surface area (Å²) in [5, 5.41) is 9.07. The topological polar surface area (TPSA) is 50.1 Å². The predicted molar refractivity (Wildman–Crippen MR) is 63.3 cm³/mol. The number of esters is 1. The van der Waals surface area contributed by atoms with Gasteiger partial charge in [-0.25, -0.2) is 0 Å². The molecule has 0 heterocycles. The number of rotatable bonds is 4.